The zero-order valence-electron chi connectivity index (χ0n) is 12.7. The summed E-state index contributed by atoms with van der Waals surface area (Å²) in [5.41, 5.74) is -0.140. The molecule has 1 atom stereocenters. The van der Waals surface area contributed by atoms with Crippen molar-refractivity contribution in [2.24, 2.45) is 0 Å². The number of benzene rings is 2. The fourth-order valence-corrected chi connectivity index (χ4v) is 2.09. The highest BCUT2D eigenvalue weighted by molar-refractivity contribution is 5.78. The molecule has 0 heterocycles. The first kappa shape index (κ1) is 17.3. The third-order valence-corrected chi connectivity index (χ3v) is 3.23. The van der Waals surface area contributed by atoms with Crippen LogP contribution in [0.2, 0.25) is 0 Å². The van der Waals surface area contributed by atoms with Crippen LogP contribution in [0.3, 0.4) is 0 Å². The number of rotatable bonds is 6. The third-order valence-electron chi connectivity index (χ3n) is 3.23. The molecular weight excluding hydrogens is 322 g/mol. The van der Waals surface area contributed by atoms with Gasteiger partial charge in [-0.15, -0.1) is 0 Å². The predicted molar refractivity (Wildman–Crippen MR) is 81.5 cm³/mol. The van der Waals surface area contributed by atoms with E-state index in [1.54, 1.807) is 0 Å². The Balaban J connectivity index is 1.97. The highest BCUT2D eigenvalue weighted by Crippen LogP contribution is 2.25. The van der Waals surface area contributed by atoms with Gasteiger partial charge in [-0.3, -0.25) is 14.9 Å². The second-order valence-electron chi connectivity index (χ2n) is 4.97. The molecule has 126 valence electrons. The molecule has 8 heteroatoms. The molecule has 0 fully saturated rings. The fourth-order valence-electron chi connectivity index (χ4n) is 2.09. The Bertz CT molecular complexity index is 767. The van der Waals surface area contributed by atoms with Crippen LogP contribution in [0.25, 0.3) is 0 Å². The van der Waals surface area contributed by atoms with Gasteiger partial charge in [0.15, 0.2) is 12.4 Å². The summed E-state index contributed by atoms with van der Waals surface area (Å²) in [7, 11) is 0. The average molecular weight is 336 g/mol. The van der Waals surface area contributed by atoms with Gasteiger partial charge in [0.25, 0.3) is 5.91 Å². The number of carbonyl (C=O) groups excluding carboxylic acids is 1. The number of hydrogen-bond donors (Lipinski definition) is 1. The maximum Gasteiger partial charge on any atom is 0.310 e. The van der Waals surface area contributed by atoms with E-state index in [0.29, 0.717) is 0 Å². The number of hydrogen-bond acceptors (Lipinski definition) is 4. The second kappa shape index (κ2) is 7.49. The highest BCUT2D eigenvalue weighted by Gasteiger charge is 2.17. The Morgan fingerprint density at radius 1 is 1.29 bits per heavy atom. The third kappa shape index (κ3) is 4.25. The minimum absolute atomic E-state index is 0.0433. The Morgan fingerprint density at radius 3 is 2.67 bits per heavy atom. The number of amides is 1. The number of nitro benzene ring substituents is 1. The lowest BCUT2D eigenvalue weighted by molar-refractivity contribution is -0.385. The SMILES string of the molecule is CC(NC(=O)COc1ccccc1[N+](=O)[O-])c1ccc(F)cc1F. The van der Waals surface area contributed by atoms with Crippen LogP contribution in [0, 0.1) is 21.7 Å². The van der Waals surface area contributed by atoms with E-state index in [1.165, 1.54) is 37.3 Å². The summed E-state index contributed by atoms with van der Waals surface area (Å²) < 4.78 is 31.7. The number of nitro groups is 1. The summed E-state index contributed by atoms with van der Waals surface area (Å²) in [6.45, 7) is 1.05. The average Bonchev–Trinajstić information content (AvgIpc) is 2.52. The molecule has 0 aromatic heterocycles. The molecule has 0 aliphatic heterocycles. The van der Waals surface area contributed by atoms with E-state index < -0.39 is 35.1 Å². The molecule has 6 nitrogen and oxygen atoms in total. The predicted octanol–water partition coefficient (Wildman–Crippen LogP) is 3.13. The summed E-state index contributed by atoms with van der Waals surface area (Å²) in [4.78, 5) is 22.1. The Hall–Kier alpha value is -3.03. The van der Waals surface area contributed by atoms with Crippen molar-refractivity contribution in [2.45, 2.75) is 13.0 Å². The van der Waals surface area contributed by atoms with Gasteiger partial charge in [0.2, 0.25) is 0 Å². The van der Waals surface area contributed by atoms with Crippen LogP contribution in [0.5, 0.6) is 5.75 Å². The molecule has 2 aromatic carbocycles. The lowest BCUT2D eigenvalue weighted by atomic mass is 10.1. The summed E-state index contributed by atoms with van der Waals surface area (Å²) >= 11 is 0. The van der Waals surface area contributed by atoms with E-state index in [2.05, 4.69) is 5.32 Å². The molecule has 1 unspecified atom stereocenters. The maximum absolute atomic E-state index is 13.6. The number of carbonyl (C=O) groups is 1. The van der Waals surface area contributed by atoms with Gasteiger partial charge in [-0.05, 0) is 19.1 Å². The smallest absolute Gasteiger partial charge is 0.310 e. The first-order valence-corrected chi connectivity index (χ1v) is 6.99. The van der Waals surface area contributed by atoms with Gasteiger partial charge < -0.3 is 10.1 Å². The van der Waals surface area contributed by atoms with E-state index in [9.17, 15) is 23.7 Å². The van der Waals surface area contributed by atoms with E-state index in [1.807, 2.05) is 0 Å². The van der Waals surface area contributed by atoms with Gasteiger partial charge >= 0.3 is 5.69 Å². The molecule has 0 saturated heterocycles. The fraction of sp³-hybridized carbons (Fsp3) is 0.188. The Morgan fingerprint density at radius 2 is 2.00 bits per heavy atom. The molecular formula is C16H14F2N2O4. The van der Waals surface area contributed by atoms with Crippen LogP contribution in [0.4, 0.5) is 14.5 Å². The van der Waals surface area contributed by atoms with Crippen LogP contribution >= 0.6 is 0 Å². The van der Waals surface area contributed by atoms with Crippen LogP contribution < -0.4 is 10.1 Å². The van der Waals surface area contributed by atoms with Crippen LogP contribution in [-0.4, -0.2) is 17.4 Å². The monoisotopic (exact) mass is 336 g/mol. The maximum atomic E-state index is 13.6. The standard InChI is InChI=1S/C16H14F2N2O4/c1-10(12-7-6-11(17)8-13(12)18)19-16(21)9-24-15-5-3-2-4-14(15)20(22)23/h2-8,10H,9H2,1H3,(H,19,21). The van der Waals surface area contributed by atoms with Crippen LogP contribution in [-0.2, 0) is 4.79 Å². The minimum atomic E-state index is -0.776. The molecule has 0 aliphatic carbocycles. The molecule has 0 radical (unpaired) electrons. The quantitative estimate of drug-likeness (QED) is 0.649. The first-order chi connectivity index (χ1) is 11.4. The summed E-state index contributed by atoms with van der Waals surface area (Å²) in [5.74, 6) is -2.13. The zero-order chi connectivity index (χ0) is 17.7. The van der Waals surface area contributed by atoms with Crippen molar-refractivity contribution in [3.05, 3.63) is 69.8 Å². The van der Waals surface area contributed by atoms with Crippen molar-refractivity contribution in [1.82, 2.24) is 5.32 Å². The van der Waals surface area contributed by atoms with Gasteiger partial charge in [-0.1, -0.05) is 18.2 Å². The highest BCUT2D eigenvalue weighted by atomic mass is 19.1. The molecule has 1 amide bonds. The first-order valence-electron chi connectivity index (χ1n) is 6.99. The van der Waals surface area contributed by atoms with E-state index in [0.717, 1.165) is 12.1 Å². The number of halogens is 2. The normalized spacial score (nSPS) is 11.6. The summed E-state index contributed by atoms with van der Waals surface area (Å²) in [6, 6.07) is 7.97. The summed E-state index contributed by atoms with van der Waals surface area (Å²) in [6.07, 6.45) is 0. The lowest BCUT2D eigenvalue weighted by Gasteiger charge is -2.15. The zero-order valence-corrected chi connectivity index (χ0v) is 12.7. The van der Waals surface area contributed by atoms with E-state index >= 15 is 0 Å². The Kier molecular flexibility index (Phi) is 5.41. The number of ether oxygens (including phenoxy) is 1. The minimum Gasteiger partial charge on any atom is -0.477 e. The largest absolute Gasteiger partial charge is 0.477 e. The Labute approximate surface area is 136 Å². The molecule has 24 heavy (non-hydrogen) atoms. The van der Waals surface area contributed by atoms with Crippen molar-refractivity contribution in [2.75, 3.05) is 6.61 Å². The number of nitrogens with one attached hydrogen (secondary N) is 1. The second-order valence-corrected chi connectivity index (χ2v) is 4.97. The molecule has 0 aliphatic rings. The van der Waals surface area contributed by atoms with Crippen molar-refractivity contribution in [3.8, 4) is 5.75 Å². The van der Waals surface area contributed by atoms with Crippen molar-refractivity contribution in [3.63, 3.8) is 0 Å². The van der Waals surface area contributed by atoms with Gasteiger partial charge in [0.1, 0.15) is 11.6 Å². The summed E-state index contributed by atoms with van der Waals surface area (Å²) in [5, 5.41) is 13.3. The van der Waals surface area contributed by atoms with E-state index in [-0.39, 0.29) is 17.0 Å². The number of para-hydroxylation sites is 2. The van der Waals surface area contributed by atoms with Crippen molar-refractivity contribution >= 4 is 11.6 Å². The van der Waals surface area contributed by atoms with Gasteiger partial charge in [-0.2, -0.15) is 0 Å². The van der Waals surface area contributed by atoms with Crippen molar-refractivity contribution < 1.29 is 23.2 Å². The molecule has 0 spiro atoms. The van der Waals surface area contributed by atoms with Crippen LogP contribution in [0.1, 0.15) is 18.5 Å². The lowest BCUT2D eigenvalue weighted by Crippen LogP contribution is -2.31. The molecule has 0 bridgehead atoms. The molecule has 2 aromatic rings. The molecule has 1 N–H and O–H groups in total. The van der Waals surface area contributed by atoms with E-state index in [4.69, 9.17) is 4.74 Å². The van der Waals surface area contributed by atoms with Gasteiger partial charge in [0, 0.05) is 17.7 Å². The van der Waals surface area contributed by atoms with Crippen molar-refractivity contribution in [1.29, 1.82) is 0 Å². The topological polar surface area (TPSA) is 81.5 Å². The van der Waals surface area contributed by atoms with Gasteiger partial charge in [-0.25, -0.2) is 8.78 Å². The molecule has 0 saturated carbocycles. The van der Waals surface area contributed by atoms with Gasteiger partial charge in [0.05, 0.1) is 11.0 Å². The van der Waals surface area contributed by atoms with Crippen LogP contribution in [0.15, 0.2) is 42.5 Å². The number of nitrogens with zero attached hydrogens (tertiary/aromatic N) is 1. The molecule has 2 rings (SSSR count).